The molecule has 0 aromatic carbocycles. The third kappa shape index (κ3) is 5.23. The van der Waals surface area contributed by atoms with Gasteiger partial charge >= 0.3 is 0 Å². The van der Waals surface area contributed by atoms with Gasteiger partial charge in [0.05, 0.1) is 12.7 Å². The second-order valence-corrected chi connectivity index (χ2v) is 4.74. The summed E-state index contributed by atoms with van der Waals surface area (Å²) in [6, 6.07) is 0. The molecule has 0 radical (unpaired) electrons. The van der Waals surface area contributed by atoms with Crippen LogP contribution in [0.5, 0.6) is 0 Å². The highest BCUT2D eigenvalue weighted by molar-refractivity contribution is 4.72. The van der Waals surface area contributed by atoms with Crippen LogP contribution in [0.1, 0.15) is 13.8 Å². The van der Waals surface area contributed by atoms with Crippen LogP contribution in [0.25, 0.3) is 0 Å². The van der Waals surface area contributed by atoms with Crippen molar-refractivity contribution in [1.82, 2.24) is 9.80 Å². The van der Waals surface area contributed by atoms with Gasteiger partial charge in [0, 0.05) is 32.7 Å². The van der Waals surface area contributed by atoms with E-state index in [1.807, 2.05) is 13.8 Å². The molecule has 1 aliphatic heterocycles. The van der Waals surface area contributed by atoms with Gasteiger partial charge in [0.25, 0.3) is 0 Å². The molecule has 1 rings (SSSR count). The van der Waals surface area contributed by atoms with E-state index in [2.05, 4.69) is 16.8 Å². The van der Waals surface area contributed by atoms with E-state index in [-0.39, 0.29) is 12.2 Å². The molecule has 1 saturated heterocycles. The fraction of sp³-hybridized carbons (Fsp3) is 1.00. The molecule has 0 bridgehead atoms. The molecule has 0 aromatic heterocycles. The SMILES string of the molecule is CC(C)OCC(CN1CCN(C)CC1)ON. The molecule has 0 saturated carbocycles. The molecular weight excluding hydrogens is 206 g/mol. The van der Waals surface area contributed by atoms with Crippen LogP contribution in [0.3, 0.4) is 0 Å². The van der Waals surface area contributed by atoms with Crippen LogP contribution < -0.4 is 5.90 Å². The standard InChI is InChI=1S/C11H25N3O2/c1-10(2)15-9-11(16-12)8-14-6-4-13(3)5-7-14/h10-11H,4-9,12H2,1-3H3. The Morgan fingerprint density at radius 2 is 1.81 bits per heavy atom. The zero-order valence-electron chi connectivity index (χ0n) is 10.7. The molecule has 16 heavy (non-hydrogen) atoms. The number of likely N-dealkylation sites (N-methyl/N-ethyl adjacent to an activating group) is 1. The smallest absolute Gasteiger partial charge is 0.115 e. The van der Waals surface area contributed by atoms with Crippen molar-refractivity contribution in [2.24, 2.45) is 5.90 Å². The van der Waals surface area contributed by atoms with Crippen molar-refractivity contribution >= 4 is 0 Å². The first kappa shape index (κ1) is 13.9. The number of hydrogen-bond acceptors (Lipinski definition) is 5. The van der Waals surface area contributed by atoms with Crippen molar-refractivity contribution in [2.75, 3.05) is 46.4 Å². The zero-order valence-corrected chi connectivity index (χ0v) is 10.7. The molecule has 1 atom stereocenters. The Kier molecular flexibility index (Phi) is 6.23. The van der Waals surface area contributed by atoms with Gasteiger partial charge in [-0.25, -0.2) is 5.90 Å². The number of nitrogens with zero attached hydrogens (tertiary/aromatic N) is 2. The molecular formula is C11H25N3O2. The lowest BCUT2D eigenvalue weighted by Gasteiger charge is -2.34. The van der Waals surface area contributed by atoms with Gasteiger partial charge in [-0.15, -0.1) is 0 Å². The number of nitrogens with two attached hydrogens (primary N) is 1. The van der Waals surface area contributed by atoms with E-state index in [4.69, 9.17) is 15.5 Å². The van der Waals surface area contributed by atoms with Gasteiger partial charge in [0.15, 0.2) is 0 Å². The molecule has 0 aromatic rings. The van der Waals surface area contributed by atoms with E-state index in [9.17, 15) is 0 Å². The Morgan fingerprint density at radius 3 is 2.31 bits per heavy atom. The summed E-state index contributed by atoms with van der Waals surface area (Å²) >= 11 is 0. The molecule has 1 unspecified atom stereocenters. The third-order valence-corrected chi connectivity index (χ3v) is 2.87. The van der Waals surface area contributed by atoms with Crippen LogP contribution in [-0.4, -0.2) is 68.4 Å². The molecule has 1 heterocycles. The van der Waals surface area contributed by atoms with Gasteiger partial charge in [-0.1, -0.05) is 0 Å². The summed E-state index contributed by atoms with van der Waals surface area (Å²) in [5, 5.41) is 0. The van der Waals surface area contributed by atoms with E-state index in [0.29, 0.717) is 6.61 Å². The van der Waals surface area contributed by atoms with Crippen molar-refractivity contribution in [3.63, 3.8) is 0 Å². The second kappa shape index (κ2) is 7.19. The average Bonchev–Trinajstić information content (AvgIpc) is 2.26. The number of hydrogen-bond donors (Lipinski definition) is 1. The molecule has 0 amide bonds. The highest BCUT2D eigenvalue weighted by Gasteiger charge is 2.18. The molecule has 96 valence electrons. The molecule has 1 aliphatic rings. The summed E-state index contributed by atoms with van der Waals surface area (Å²) in [7, 11) is 2.15. The minimum atomic E-state index is -0.0224. The van der Waals surface area contributed by atoms with Crippen molar-refractivity contribution in [3.8, 4) is 0 Å². The van der Waals surface area contributed by atoms with Crippen LogP contribution in [0, 0.1) is 0 Å². The normalized spacial score (nSPS) is 21.6. The molecule has 1 fully saturated rings. The summed E-state index contributed by atoms with van der Waals surface area (Å²) in [4.78, 5) is 9.66. The summed E-state index contributed by atoms with van der Waals surface area (Å²) in [6.07, 6.45) is 0.205. The topological polar surface area (TPSA) is 51.0 Å². The monoisotopic (exact) mass is 231 g/mol. The quantitative estimate of drug-likeness (QED) is 0.648. The number of piperazine rings is 1. The number of rotatable bonds is 6. The highest BCUT2D eigenvalue weighted by Crippen LogP contribution is 2.03. The van der Waals surface area contributed by atoms with Gasteiger partial charge in [0.1, 0.15) is 6.10 Å². The maximum Gasteiger partial charge on any atom is 0.115 e. The Hall–Kier alpha value is -0.200. The van der Waals surface area contributed by atoms with E-state index in [1.165, 1.54) is 0 Å². The summed E-state index contributed by atoms with van der Waals surface area (Å²) in [5.74, 6) is 5.29. The second-order valence-electron chi connectivity index (χ2n) is 4.74. The lowest BCUT2D eigenvalue weighted by Crippen LogP contribution is -2.48. The fourth-order valence-electron chi connectivity index (χ4n) is 1.75. The van der Waals surface area contributed by atoms with E-state index < -0.39 is 0 Å². The molecule has 0 aliphatic carbocycles. The van der Waals surface area contributed by atoms with Crippen LogP contribution in [0.4, 0.5) is 0 Å². The van der Waals surface area contributed by atoms with Crippen molar-refractivity contribution in [2.45, 2.75) is 26.1 Å². The molecule has 0 spiro atoms. The van der Waals surface area contributed by atoms with Crippen molar-refractivity contribution < 1.29 is 9.57 Å². The Bertz CT molecular complexity index is 182. The average molecular weight is 231 g/mol. The van der Waals surface area contributed by atoms with Gasteiger partial charge in [-0.3, -0.25) is 9.74 Å². The van der Waals surface area contributed by atoms with Crippen LogP contribution in [0.15, 0.2) is 0 Å². The lowest BCUT2D eigenvalue weighted by molar-refractivity contribution is -0.0531. The van der Waals surface area contributed by atoms with E-state index in [1.54, 1.807) is 0 Å². The summed E-state index contributed by atoms with van der Waals surface area (Å²) < 4.78 is 5.52. The Morgan fingerprint density at radius 1 is 1.19 bits per heavy atom. The van der Waals surface area contributed by atoms with Crippen molar-refractivity contribution in [1.29, 1.82) is 0 Å². The van der Waals surface area contributed by atoms with Gasteiger partial charge in [0.2, 0.25) is 0 Å². The van der Waals surface area contributed by atoms with E-state index in [0.717, 1.165) is 32.7 Å². The van der Waals surface area contributed by atoms with Gasteiger partial charge in [-0.05, 0) is 20.9 Å². The third-order valence-electron chi connectivity index (χ3n) is 2.87. The molecule has 2 N–H and O–H groups in total. The van der Waals surface area contributed by atoms with Crippen LogP contribution in [-0.2, 0) is 9.57 Å². The molecule has 5 heteroatoms. The summed E-state index contributed by atoms with van der Waals surface area (Å²) in [6.45, 7) is 9.85. The number of ether oxygens (including phenoxy) is 1. The fourth-order valence-corrected chi connectivity index (χ4v) is 1.75. The first-order valence-electron chi connectivity index (χ1n) is 6.00. The maximum atomic E-state index is 5.52. The van der Waals surface area contributed by atoms with Crippen LogP contribution in [0.2, 0.25) is 0 Å². The largest absolute Gasteiger partial charge is 0.376 e. The van der Waals surface area contributed by atoms with Gasteiger partial charge in [-0.2, -0.15) is 0 Å². The molecule has 5 nitrogen and oxygen atoms in total. The first-order chi connectivity index (χ1) is 7.61. The minimum Gasteiger partial charge on any atom is -0.376 e. The van der Waals surface area contributed by atoms with E-state index >= 15 is 0 Å². The van der Waals surface area contributed by atoms with Gasteiger partial charge < -0.3 is 9.64 Å². The predicted octanol–water partition coefficient (Wildman–Crippen LogP) is -0.0823. The van der Waals surface area contributed by atoms with Crippen LogP contribution >= 0.6 is 0 Å². The first-order valence-corrected chi connectivity index (χ1v) is 6.00. The zero-order chi connectivity index (χ0) is 12.0. The Labute approximate surface area is 98.4 Å². The summed E-state index contributed by atoms with van der Waals surface area (Å²) in [5.41, 5.74) is 0. The predicted molar refractivity (Wildman–Crippen MR) is 64.1 cm³/mol. The highest BCUT2D eigenvalue weighted by atomic mass is 16.6. The maximum absolute atomic E-state index is 5.52. The minimum absolute atomic E-state index is 0.0224. The van der Waals surface area contributed by atoms with Crippen molar-refractivity contribution in [3.05, 3.63) is 0 Å². The lowest BCUT2D eigenvalue weighted by atomic mass is 10.3. The Balaban J connectivity index is 2.21.